The quantitative estimate of drug-likeness (QED) is 0.687. The van der Waals surface area contributed by atoms with Crippen LogP contribution in [0.4, 0.5) is 4.79 Å². The fourth-order valence-electron chi connectivity index (χ4n) is 1.90. The standard InChI is InChI=1S/C11H13N3O3/c1-13-10(15)9(12)8-5-3-2-4-7(8)6-14(13)11(16)17/h2-5,9H,6,12H2,1H3,(H,16,17)/t9-/m0/s1. The number of likely N-dealkylation sites (N-methyl/N-ethyl adjacent to an activating group) is 1. The van der Waals surface area contributed by atoms with Crippen LogP contribution in [0.15, 0.2) is 24.3 Å². The third-order valence-corrected chi connectivity index (χ3v) is 2.88. The van der Waals surface area contributed by atoms with Gasteiger partial charge in [-0.25, -0.2) is 14.8 Å². The number of fused-ring (bicyclic) bond motifs is 1. The molecule has 2 amide bonds. The summed E-state index contributed by atoms with van der Waals surface area (Å²) in [4.78, 5) is 23.0. The van der Waals surface area contributed by atoms with Crippen LogP contribution < -0.4 is 5.73 Å². The van der Waals surface area contributed by atoms with Gasteiger partial charge < -0.3 is 10.8 Å². The maximum absolute atomic E-state index is 11.9. The maximum Gasteiger partial charge on any atom is 0.426 e. The number of carbonyl (C=O) groups is 2. The van der Waals surface area contributed by atoms with Gasteiger partial charge in [-0.1, -0.05) is 24.3 Å². The highest BCUT2D eigenvalue weighted by atomic mass is 16.4. The number of nitrogens with zero attached hydrogens (tertiary/aromatic N) is 2. The predicted molar refractivity (Wildman–Crippen MR) is 59.7 cm³/mol. The Bertz CT molecular complexity index is 475. The topological polar surface area (TPSA) is 86.9 Å². The third kappa shape index (κ3) is 1.83. The summed E-state index contributed by atoms with van der Waals surface area (Å²) >= 11 is 0. The van der Waals surface area contributed by atoms with Gasteiger partial charge >= 0.3 is 6.09 Å². The second kappa shape index (κ2) is 4.06. The Kier molecular flexibility index (Phi) is 2.72. The Morgan fingerprint density at radius 3 is 2.76 bits per heavy atom. The average Bonchev–Trinajstić information content (AvgIpc) is 2.41. The lowest BCUT2D eigenvalue weighted by molar-refractivity contribution is -0.144. The minimum atomic E-state index is -1.18. The smallest absolute Gasteiger partial charge is 0.426 e. The summed E-state index contributed by atoms with van der Waals surface area (Å²) in [6.07, 6.45) is -1.18. The number of hydrogen-bond acceptors (Lipinski definition) is 3. The molecule has 1 aliphatic rings. The van der Waals surface area contributed by atoms with Crippen LogP contribution in [0.2, 0.25) is 0 Å². The van der Waals surface area contributed by atoms with Crippen molar-refractivity contribution in [1.82, 2.24) is 10.0 Å². The molecule has 17 heavy (non-hydrogen) atoms. The lowest BCUT2D eigenvalue weighted by Crippen LogP contribution is -2.47. The van der Waals surface area contributed by atoms with E-state index < -0.39 is 18.0 Å². The highest BCUT2D eigenvalue weighted by molar-refractivity contribution is 5.85. The molecule has 2 rings (SSSR count). The van der Waals surface area contributed by atoms with Crippen LogP contribution in [-0.4, -0.2) is 34.2 Å². The second-order valence-corrected chi connectivity index (χ2v) is 3.88. The normalized spacial score (nSPS) is 19.9. The van der Waals surface area contributed by atoms with Crippen molar-refractivity contribution in [3.05, 3.63) is 35.4 Å². The molecule has 0 bridgehead atoms. The first kappa shape index (κ1) is 11.4. The molecule has 6 nitrogen and oxygen atoms in total. The molecule has 1 aromatic carbocycles. The lowest BCUT2D eigenvalue weighted by atomic mass is 10.0. The number of carboxylic acid groups (broad SMARTS) is 1. The third-order valence-electron chi connectivity index (χ3n) is 2.88. The van der Waals surface area contributed by atoms with Crippen LogP contribution >= 0.6 is 0 Å². The molecule has 0 aromatic heterocycles. The molecular formula is C11H13N3O3. The molecule has 1 heterocycles. The summed E-state index contributed by atoms with van der Waals surface area (Å²) in [6.45, 7) is 0.126. The molecule has 1 aromatic rings. The molecule has 0 saturated heterocycles. The molecule has 0 saturated carbocycles. The number of hydrogen-bond donors (Lipinski definition) is 2. The first-order valence-corrected chi connectivity index (χ1v) is 5.13. The number of rotatable bonds is 0. The van der Waals surface area contributed by atoms with Gasteiger partial charge in [0.2, 0.25) is 0 Å². The zero-order chi connectivity index (χ0) is 12.6. The summed E-state index contributed by atoms with van der Waals surface area (Å²) in [5.74, 6) is -0.433. The number of benzene rings is 1. The van der Waals surface area contributed by atoms with Crippen LogP contribution in [-0.2, 0) is 11.3 Å². The largest absolute Gasteiger partial charge is 0.464 e. The van der Waals surface area contributed by atoms with Gasteiger partial charge in [0.1, 0.15) is 6.04 Å². The molecule has 0 radical (unpaired) electrons. The van der Waals surface area contributed by atoms with Crippen molar-refractivity contribution >= 4 is 12.0 Å². The first-order chi connectivity index (χ1) is 8.02. The van der Waals surface area contributed by atoms with E-state index in [-0.39, 0.29) is 6.54 Å². The first-order valence-electron chi connectivity index (χ1n) is 5.13. The fourth-order valence-corrected chi connectivity index (χ4v) is 1.90. The lowest BCUT2D eigenvalue weighted by Gasteiger charge is -2.27. The van der Waals surface area contributed by atoms with Crippen molar-refractivity contribution < 1.29 is 14.7 Å². The molecule has 0 unspecified atom stereocenters. The summed E-state index contributed by atoms with van der Waals surface area (Å²) in [6, 6.07) is 6.28. The highest BCUT2D eigenvalue weighted by Crippen LogP contribution is 2.24. The van der Waals surface area contributed by atoms with Gasteiger partial charge in [-0.05, 0) is 11.1 Å². The number of amides is 2. The van der Waals surface area contributed by atoms with Gasteiger partial charge in [-0.3, -0.25) is 4.79 Å². The van der Waals surface area contributed by atoms with Crippen LogP contribution in [0.1, 0.15) is 17.2 Å². The Labute approximate surface area is 98.2 Å². The van der Waals surface area contributed by atoms with Crippen molar-refractivity contribution in [3.8, 4) is 0 Å². The van der Waals surface area contributed by atoms with E-state index >= 15 is 0 Å². The van der Waals surface area contributed by atoms with Gasteiger partial charge in [-0.2, -0.15) is 0 Å². The summed E-state index contributed by atoms with van der Waals surface area (Å²) in [5, 5.41) is 11.1. The molecule has 1 atom stereocenters. The Morgan fingerprint density at radius 2 is 2.12 bits per heavy atom. The maximum atomic E-state index is 11.9. The van der Waals surface area contributed by atoms with Gasteiger partial charge in [0.05, 0.1) is 6.54 Å². The molecule has 1 aliphatic heterocycles. The molecular weight excluding hydrogens is 222 g/mol. The van der Waals surface area contributed by atoms with Crippen molar-refractivity contribution in [2.45, 2.75) is 12.6 Å². The summed E-state index contributed by atoms with van der Waals surface area (Å²) in [7, 11) is 1.40. The molecule has 90 valence electrons. The van der Waals surface area contributed by atoms with Crippen molar-refractivity contribution in [3.63, 3.8) is 0 Å². The number of nitrogens with two attached hydrogens (primary N) is 1. The van der Waals surface area contributed by atoms with E-state index in [0.717, 1.165) is 15.6 Å². The van der Waals surface area contributed by atoms with Crippen molar-refractivity contribution in [2.75, 3.05) is 7.05 Å². The van der Waals surface area contributed by atoms with E-state index in [1.165, 1.54) is 7.05 Å². The number of carbonyl (C=O) groups excluding carboxylic acids is 1. The molecule has 3 N–H and O–H groups in total. The SMILES string of the molecule is CN1C(=O)[C@@H](N)c2ccccc2CN1C(=O)O. The van der Waals surface area contributed by atoms with Gasteiger partial charge in [0, 0.05) is 7.05 Å². The van der Waals surface area contributed by atoms with Gasteiger partial charge in [0.15, 0.2) is 0 Å². The monoisotopic (exact) mass is 235 g/mol. The van der Waals surface area contributed by atoms with E-state index in [4.69, 9.17) is 10.8 Å². The highest BCUT2D eigenvalue weighted by Gasteiger charge is 2.32. The minimum Gasteiger partial charge on any atom is -0.464 e. The molecule has 0 fully saturated rings. The number of hydrazine groups is 1. The van der Waals surface area contributed by atoms with Crippen LogP contribution in [0.3, 0.4) is 0 Å². The van der Waals surface area contributed by atoms with Crippen LogP contribution in [0, 0.1) is 0 Å². The fraction of sp³-hybridized carbons (Fsp3) is 0.273. The second-order valence-electron chi connectivity index (χ2n) is 3.88. The van der Waals surface area contributed by atoms with E-state index in [9.17, 15) is 9.59 Å². The average molecular weight is 235 g/mol. The molecule has 6 heteroatoms. The van der Waals surface area contributed by atoms with Crippen molar-refractivity contribution in [2.24, 2.45) is 5.73 Å². The predicted octanol–water partition coefficient (Wildman–Crippen LogP) is 0.553. The van der Waals surface area contributed by atoms with Crippen molar-refractivity contribution in [1.29, 1.82) is 0 Å². The van der Waals surface area contributed by atoms with Gasteiger partial charge in [0.25, 0.3) is 5.91 Å². The Balaban J connectivity index is 2.50. The summed E-state index contributed by atoms with van der Waals surface area (Å²) < 4.78 is 0. The van der Waals surface area contributed by atoms with E-state index in [1.807, 2.05) is 0 Å². The molecule has 0 spiro atoms. The van der Waals surface area contributed by atoms with E-state index in [0.29, 0.717) is 5.56 Å². The summed E-state index contributed by atoms with van der Waals surface area (Å²) in [5.41, 5.74) is 7.26. The Morgan fingerprint density at radius 1 is 1.47 bits per heavy atom. The van der Waals surface area contributed by atoms with E-state index in [1.54, 1.807) is 24.3 Å². The van der Waals surface area contributed by atoms with E-state index in [2.05, 4.69) is 0 Å². The zero-order valence-corrected chi connectivity index (χ0v) is 9.33. The molecule has 0 aliphatic carbocycles. The van der Waals surface area contributed by atoms with Crippen LogP contribution in [0.25, 0.3) is 0 Å². The van der Waals surface area contributed by atoms with Crippen LogP contribution in [0.5, 0.6) is 0 Å². The Hall–Kier alpha value is -2.08. The van der Waals surface area contributed by atoms with Gasteiger partial charge in [-0.15, -0.1) is 0 Å². The zero-order valence-electron chi connectivity index (χ0n) is 9.33. The minimum absolute atomic E-state index is 0.126.